The highest BCUT2D eigenvalue weighted by molar-refractivity contribution is 6.16. The summed E-state index contributed by atoms with van der Waals surface area (Å²) in [4.78, 5) is 2.36. The van der Waals surface area contributed by atoms with Crippen molar-refractivity contribution in [2.24, 2.45) is 0 Å². The van der Waals surface area contributed by atoms with Crippen LogP contribution in [-0.4, -0.2) is 4.57 Å². The largest absolute Gasteiger partial charge is 0.310 e. The number of rotatable bonds is 7. The molecule has 0 aliphatic rings. The van der Waals surface area contributed by atoms with Crippen LogP contribution < -0.4 is 4.90 Å². The van der Waals surface area contributed by atoms with Crippen LogP contribution >= 0.6 is 0 Å². The lowest BCUT2D eigenvalue weighted by molar-refractivity contribution is 1.18. The van der Waals surface area contributed by atoms with E-state index < -0.39 is 0 Å². The van der Waals surface area contributed by atoms with E-state index in [9.17, 15) is 0 Å². The van der Waals surface area contributed by atoms with Gasteiger partial charge in [0.25, 0.3) is 0 Å². The van der Waals surface area contributed by atoms with Gasteiger partial charge < -0.3 is 9.47 Å². The summed E-state index contributed by atoms with van der Waals surface area (Å²) in [7, 11) is 0. The van der Waals surface area contributed by atoms with Gasteiger partial charge in [0.15, 0.2) is 0 Å². The zero-order valence-electron chi connectivity index (χ0n) is 30.3. The van der Waals surface area contributed by atoms with Crippen LogP contribution in [0, 0.1) is 20.8 Å². The zero-order chi connectivity index (χ0) is 35.9. The van der Waals surface area contributed by atoms with Gasteiger partial charge in [0.1, 0.15) is 0 Å². The van der Waals surface area contributed by atoms with Crippen LogP contribution in [0.5, 0.6) is 0 Å². The minimum absolute atomic E-state index is 1.12. The molecule has 0 saturated heterocycles. The molecule has 0 radical (unpaired) electrons. The molecule has 0 aliphatic carbocycles. The Kier molecular flexibility index (Phi) is 8.21. The number of benzene rings is 8. The van der Waals surface area contributed by atoms with E-state index in [-0.39, 0.29) is 0 Å². The molecule has 0 saturated carbocycles. The van der Waals surface area contributed by atoms with E-state index in [1.807, 2.05) is 0 Å². The van der Waals surface area contributed by atoms with Crippen molar-refractivity contribution in [2.45, 2.75) is 20.8 Å². The maximum absolute atomic E-state index is 2.40. The predicted molar refractivity (Wildman–Crippen MR) is 226 cm³/mol. The Hall–Kier alpha value is -6.64. The number of nitrogens with zero attached hydrogens (tertiary/aromatic N) is 2. The number of fused-ring (bicyclic) bond motifs is 3. The molecular formula is C51H40N2. The van der Waals surface area contributed by atoms with Gasteiger partial charge in [0.05, 0.1) is 11.0 Å². The fourth-order valence-corrected chi connectivity index (χ4v) is 7.75. The second-order valence-corrected chi connectivity index (χ2v) is 14.1. The molecular weight excluding hydrogens is 641 g/mol. The number of anilines is 3. The Labute approximate surface area is 311 Å². The van der Waals surface area contributed by atoms with Crippen LogP contribution in [0.25, 0.3) is 60.9 Å². The first-order valence-corrected chi connectivity index (χ1v) is 18.3. The van der Waals surface area contributed by atoms with Gasteiger partial charge in [-0.05, 0) is 139 Å². The van der Waals surface area contributed by atoms with Gasteiger partial charge in [0, 0.05) is 33.5 Å². The first kappa shape index (κ1) is 32.3. The van der Waals surface area contributed by atoms with E-state index in [0.717, 1.165) is 22.7 Å². The van der Waals surface area contributed by atoms with Crippen LogP contribution in [-0.2, 0) is 0 Å². The molecule has 0 fully saturated rings. The molecule has 9 aromatic rings. The van der Waals surface area contributed by atoms with Gasteiger partial charge in [-0.25, -0.2) is 0 Å². The molecule has 0 atom stereocenters. The molecule has 0 bridgehead atoms. The van der Waals surface area contributed by atoms with Crippen molar-refractivity contribution in [2.75, 3.05) is 4.90 Å². The van der Waals surface area contributed by atoms with Gasteiger partial charge >= 0.3 is 0 Å². The predicted octanol–water partition coefficient (Wildman–Crippen LogP) is 14.2. The average molecular weight is 681 g/mol. The maximum Gasteiger partial charge on any atom is 0.0547 e. The highest BCUT2D eigenvalue weighted by Gasteiger charge is 2.19. The summed E-state index contributed by atoms with van der Waals surface area (Å²) in [6.07, 6.45) is 0. The molecule has 53 heavy (non-hydrogen) atoms. The smallest absolute Gasteiger partial charge is 0.0547 e. The topological polar surface area (TPSA) is 8.17 Å². The highest BCUT2D eigenvalue weighted by Crippen LogP contribution is 2.43. The van der Waals surface area contributed by atoms with Gasteiger partial charge in [-0.2, -0.15) is 0 Å². The molecule has 2 heteroatoms. The molecule has 0 unspecified atom stereocenters. The lowest BCUT2D eigenvalue weighted by Gasteiger charge is -2.27. The van der Waals surface area contributed by atoms with Crippen LogP contribution in [0.3, 0.4) is 0 Å². The van der Waals surface area contributed by atoms with Crippen molar-refractivity contribution in [3.8, 4) is 39.1 Å². The van der Waals surface area contributed by atoms with E-state index in [1.54, 1.807) is 0 Å². The Morgan fingerprint density at radius 3 is 1.60 bits per heavy atom. The summed E-state index contributed by atoms with van der Waals surface area (Å²) < 4.78 is 2.40. The third-order valence-electron chi connectivity index (χ3n) is 10.4. The van der Waals surface area contributed by atoms with Crippen LogP contribution in [0.4, 0.5) is 17.1 Å². The lowest BCUT2D eigenvalue weighted by atomic mass is 9.90. The van der Waals surface area contributed by atoms with Crippen molar-refractivity contribution in [1.82, 2.24) is 4.57 Å². The van der Waals surface area contributed by atoms with E-state index in [2.05, 4.69) is 218 Å². The SMILES string of the molecule is Cc1ccc(N(c2ccc(C)cc2)c2ccc(C)c(-c3cc(-c4ccccc4)cc(-c4cccc5c4c4ccccc4n5-c4ccccc4)c3)c2)cc1. The summed E-state index contributed by atoms with van der Waals surface area (Å²) in [5.74, 6) is 0. The average Bonchev–Trinajstić information content (AvgIpc) is 3.55. The molecule has 9 rings (SSSR count). The second-order valence-electron chi connectivity index (χ2n) is 14.1. The summed E-state index contributed by atoms with van der Waals surface area (Å²) in [6, 6.07) is 68.7. The standard InChI is InChI=1S/C51H40N2/c1-35-21-26-43(27-22-35)52(44-28-23-36(2)24-29-44)45-30-25-37(3)48(34-45)41-32-39(38-13-6-4-7-14-38)31-40(33-41)46-18-12-20-50-51(46)47-17-10-11-19-49(47)53(50)42-15-8-5-9-16-42/h4-34H,1-3H3. The van der Waals surface area contributed by atoms with Crippen molar-refractivity contribution < 1.29 is 0 Å². The monoisotopic (exact) mass is 680 g/mol. The van der Waals surface area contributed by atoms with Gasteiger partial charge in [-0.1, -0.05) is 120 Å². The highest BCUT2D eigenvalue weighted by atomic mass is 15.1. The fourth-order valence-electron chi connectivity index (χ4n) is 7.75. The molecule has 254 valence electrons. The summed E-state index contributed by atoms with van der Waals surface area (Å²) >= 11 is 0. The third kappa shape index (κ3) is 5.99. The second kappa shape index (κ2) is 13.5. The number of aryl methyl sites for hydroxylation is 3. The number of para-hydroxylation sites is 2. The third-order valence-corrected chi connectivity index (χ3v) is 10.4. The van der Waals surface area contributed by atoms with E-state index in [0.29, 0.717) is 0 Å². The Bertz CT molecular complexity index is 2680. The van der Waals surface area contributed by atoms with Gasteiger partial charge in [0.2, 0.25) is 0 Å². The number of hydrogen-bond acceptors (Lipinski definition) is 1. The normalized spacial score (nSPS) is 11.3. The lowest BCUT2D eigenvalue weighted by Crippen LogP contribution is -2.10. The minimum atomic E-state index is 1.12. The van der Waals surface area contributed by atoms with Crippen molar-refractivity contribution in [3.05, 3.63) is 205 Å². The fraction of sp³-hybridized carbons (Fsp3) is 0.0588. The van der Waals surface area contributed by atoms with Crippen molar-refractivity contribution in [3.63, 3.8) is 0 Å². The molecule has 0 N–H and O–H groups in total. The molecule has 1 aromatic heterocycles. The van der Waals surface area contributed by atoms with Gasteiger partial charge in [-0.15, -0.1) is 0 Å². The first-order valence-electron chi connectivity index (χ1n) is 18.3. The molecule has 8 aromatic carbocycles. The zero-order valence-corrected chi connectivity index (χ0v) is 30.3. The summed E-state index contributed by atoms with van der Waals surface area (Å²) in [5.41, 5.74) is 17.9. The maximum atomic E-state index is 2.40. The Balaban J connectivity index is 1.27. The minimum Gasteiger partial charge on any atom is -0.310 e. The molecule has 1 heterocycles. The van der Waals surface area contributed by atoms with E-state index >= 15 is 0 Å². The quantitative estimate of drug-likeness (QED) is 0.163. The van der Waals surface area contributed by atoms with E-state index in [4.69, 9.17) is 0 Å². The summed E-state index contributed by atoms with van der Waals surface area (Å²) in [5, 5.41) is 2.51. The van der Waals surface area contributed by atoms with Crippen LogP contribution in [0.1, 0.15) is 16.7 Å². The molecule has 0 aliphatic heterocycles. The number of aromatic nitrogens is 1. The van der Waals surface area contributed by atoms with Crippen LogP contribution in [0.2, 0.25) is 0 Å². The summed E-state index contributed by atoms with van der Waals surface area (Å²) in [6.45, 7) is 6.51. The van der Waals surface area contributed by atoms with Crippen molar-refractivity contribution >= 4 is 38.9 Å². The molecule has 2 nitrogen and oxygen atoms in total. The van der Waals surface area contributed by atoms with Crippen LogP contribution in [0.15, 0.2) is 188 Å². The molecule has 0 spiro atoms. The number of hydrogen-bond donors (Lipinski definition) is 0. The molecule has 0 amide bonds. The van der Waals surface area contributed by atoms with E-state index in [1.165, 1.54) is 71.9 Å². The van der Waals surface area contributed by atoms with Gasteiger partial charge in [-0.3, -0.25) is 0 Å². The first-order chi connectivity index (χ1) is 26.0. The Morgan fingerprint density at radius 2 is 0.925 bits per heavy atom. The Morgan fingerprint density at radius 1 is 0.377 bits per heavy atom. The van der Waals surface area contributed by atoms with Crippen molar-refractivity contribution in [1.29, 1.82) is 0 Å².